The van der Waals surface area contributed by atoms with Crippen molar-refractivity contribution in [3.05, 3.63) is 59.7 Å². The maximum atomic E-state index is 13.0. The zero-order valence-electron chi connectivity index (χ0n) is 19.0. The molecule has 1 heterocycles. The topological polar surface area (TPSA) is 102 Å². The van der Waals surface area contributed by atoms with Crippen LogP contribution in [0.3, 0.4) is 0 Å². The molecule has 0 spiro atoms. The van der Waals surface area contributed by atoms with Crippen LogP contribution in [0.5, 0.6) is 5.75 Å². The summed E-state index contributed by atoms with van der Waals surface area (Å²) in [5.74, 6) is -0.491. The van der Waals surface area contributed by atoms with Crippen LogP contribution in [0.2, 0.25) is 0 Å². The molecule has 8 nitrogen and oxygen atoms in total. The minimum absolute atomic E-state index is 0.0514. The predicted molar refractivity (Wildman–Crippen MR) is 123 cm³/mol. The lowest BCUT2D eigenvalue weighted by molar-refractivity contribution is -0.129. The van der Waals surface area contributed by atoms with E-state index in [1.807, 2.05) is 12.1 Å². The Morgan fingerprint density at radius 3 is 2.33 bits per heavy atom. The lowest BCUT2D eigenvalue weighted by Gasteiger charge is -2.20. The number of sulfonamides is 1. The summed E-state index contributed by atoms with van der Waals surface area (Å²) in [7, 11) is -2.12. The van der Waals surface area contributed by atoms with Gasteiger partial charge in [-0.25, -0.2) is 13.2 Å². The summed E-state index contributed by atoms with van der Waals surface area (Å²) in [4.78, 5) is 25.0. The van der Waals surface area contributed by atoms with Gasteiger partial charge in [0.1, 0.15) is 5.75 Å². The normalized spacial score (nSPS) is 15.8. The van der Waals surface area contributed by atoms with Crippen molar-refractivity contribution < 1.29 is 27.5 Å². The SMILES string of the molecule is COc1ccc(CNC(=O)[C@H](C)OC(=O)c2cccc(S(=O)(=O)N3CCCCCC3)c2)cc1. The highest BCUT2D eigenvalue weighted by Crippen LogP contribution is 2.21. The number of carbonyl (C=O) groups is 2. The number of rotatable bonds is 8. The minimum atomic E-state index is -3.69. The van der Waals surface area contributed by atoms with Crippen LogP contribution in [0.4, 0.5) is 0 Å². The summed E-state index contributed by atoms with van der Waals surface area (Å²) < 4.78 is 37.9. The highest BCUT2D eigenvalue weighted by Gasteiger charge is 2.26. The second kappa shape index (κ2) is 11.3. The molecule has 9 heteroatoms. The third-order valence-corrected chi connectivity index (χ3v) is 7.45. The van der Waals surface area contributed by atoms with Gasteiger partial charge in [-0.05, 0) is 55.7 Å². The molecular weight excluding hydrogens is 444 g/mol. The summed E-state index contributed by atoms with van der Waals surface area (Å²) in [5, 5.41) is 2.72. The first kappa shape index (κ1) is 24.7. The summed E-state index contributed by atoms with van der Waals surface area (Å²) in [5.41, 5.74) is 0.954. The van der Waals surface area contributed by atoms with E-state index in [0.29, 0.717) is 18.8 Å². The van der Waals surface area contributed by atoms with Crippen LogP contribution >= 0.6 is 0 Å². The molecule has 0 saturated carbocycles. The van der Waals surface area contributed by atoms with Crippen LogP contribution in [0, 0.1) is 0 Å². The molecule has 1 atom stereocenters. The molecule has 1 aliphatic rings. The summed E-state index contributed by atoms with van der Waals surface area (Å²) in [6.07, 6.45) is 2.63. The van der Waals surface area contributed by atoms with Crippen LogP contribution in [-0.2, 0) is 26.1 Å². The first-order valence-corrected chi connectivity index (χ1v) is 12.5. The molecule has 0 aliphatic carbocycles. The van der Waals surface area contributed by atoms with Gasteiger partial charge in [-0.2, -0.15) is 4.31 Å². The molecule has 178 valence electrons. The third kappa shape index (κ3) is 6.55. The zero-order chi connectivity index (χ0) is 23.8. The molecule has 33 heavy (non-hydrogen) atoms. The van der Waals surface area contributed by atoms with Crippen molar-refractivity contribution in [1.29, 1.82) is 0 Å². The number of nitrogens with one attached hydrogen (secondary N) is 1. The van der Waals surface area contributed by atoms with Gasteiger partial charge in [0.05, 0.1) is 17.6 Å². The van der Waals surface area contributed by atoms with Crippen LogP contribution in [0.15, 0.2) is 53.4 Å². The van der Waals surface area contributed by atoms with Crippen molar-refractivity contribution in [1.82, 2.24) is 9.62 Å². The van der Waals surface area contributed by atoms with Crippen molar-refractivity contribution in [3.63, 3.8) is 0 Å². The Kier molecular flexibility index (Phi) is 8.46. The first-order chi connectivity index (χ1) is 15.8. The monoisotopic (exact) mass is 474 g/mol. The van der Waals surface area contributed by atoms with Crippen molar-refractivity contribution >= 4 is 21.9 Å². The van der Waals surface area contributed by atoms with Gasteiger partial charge in [-0.15, -0.1) is 0 Å². The number of benzene rings is 2. The largest absolute Gasteiger partial charge is 0.497 e. The highest BCUT2D eigenvalue weighted by atomic mass is 32.2. The summed E-state index contributed by atoms with van der Waals surface area (Å²) in [6, 6.07) is 13.0. The van der Waals surface area contributed by atoms with Gasteiger partial charge in [-0.1, -0.05) is 31.0 Å². The van der Waals surface area contributed by atoms with Gasteiger partial charge in [0.15, 0.2) is 6.10 Å². The van der Waals surface area contributed by atoms with E-state index in [0.717, 1.165) is 31.2 Å². The second-order valence-electron chi connectivity index (χ2n) is 7.96. The quantitative estimate of drug-likeness (QED) is 0.590. The minimum Gasteiger partial charge on any atom is -0.497 e. The fourth-order valence-electron chi connectivity index (χ4n) is 3.57. The molecule has 1 N–H and O–H groups in total. The van der Waals surface area contributed by atoms with Crippen LogP contribution in [0.25, 0.3) is 0 Å². The molecule has 2 aromatic rings. The van der Waals surface area contributed by atoms with Crippen LogP contribution < -0.4 is 10.1 Å². The van der Waals surface area contributed by atoms with Crippen LogP contribution in [-0.4, -0.2) is 50.9 Å². The van der Waals surface area contributed by atoms with Gasteiger partial charge < -0.3 is 14.8 Å². The maximum Gasteiger partial charge on any atom is 0.338 e. The highest BCUT2D eigenvalue weighted by molar-refractivity contribution is 7.89. The smallest absolute Gasteiger partial charge is 0.338 e. The Balaban J connectivity index is 1.60. The molecule has 1 saturated heterocycles. The molecule has 3 rings (SSSR count). The van der Waals surface area contributed by atoms with Gasteiger partial charge in [-0.3, -0.25) is 4.79 Å². The second-order valence-corrected chi connectivity index (χ2v) is 9.90. The van der Waals surface area contributed by atoms with Crippen molar-refractivity contribution in [2.45, 2.75) is 50.2 Å². The van der Waals surface area contributed by atoms with E-state index in [4.69, 9.17) is 9.47 Å². The Labute approximate surface area is 194 Å². The average Bonchev–Trinajstić information content (AvgIpc) is 3.13. The van der Waals surface area contributed by atoms with Crippen molar-refractivity contribution in [2.24, 2.45) is 0 Å². The standard InChI is InChI=1S/C24H30N2O6S/c1-18(23(27)25-17-19-10-12-21(31-2)13-11-19)32-24(28)20-8-7-9-22(16-20)33(29,30)26-14-5-3-4-6-15-26/h7-13,16,18H,3-6,14-15,17H2,1-2H3,(H,25,27)/t18-/m0/s1. The Bertz CT molecular complexity index is 1060. The van der Waals surface area contributed by atoms with E-state index in [1.54, 1.807) is 19.2 Å². The molecule has 2 aromatic carbocycles. The lowest BCUT2D eigenvalue weighted by atomic mass is 10.2. The number of hydrogen-bond acceptors (Lipinski definition) is 6. The maximum absolute atomic E-state index is 13.0. The third-order valence-electron chi connectivity index (χ3n) is 5.55. The first-order valence-electron chi connectivity index (χ1n) is 11.0. The van der Waals surface area contributed by atoms with Crippen molar-refractivity contribution in [2.75, 3.05) is 20.2 Å². The van der Waals surface area contributed by atoms with E-state index < -0.39 is 28.0 Å². The molecular formula is C24H30N2O6S. The van der Waals surface area contributed by atoms with E-state index in [2.05, 4.69) is 5.32 Å². The Morgan fingerprint density at radius 1 is 1.03 bits per heavy atom. The fraction of sp³-hybridized carbons (Fsp3) is 0.417. The van der Waals surface area contributed by atoms with Gasteiger partial charge in [0, 0.05) is 19.6 Å². The predicted octanol–water partition coefficient (Wildman–Crippen LogP) is 3.12. The molecule has 0 aromatic heterocycles. The number of esters is 1. The number of nitrogens with zero attached hydrogens (tertiary/aromatic N) is 1. The average molecular weight is 475 g/mol. The van der Waals surface area contributed by atoms with E-state index in [1.165, 1.54) is 35.5 Å². The lowest BCUT2D eigenvalue weighted by Crippen LogP contribution is -2.35. The van der Waals surface area contributed by atoms with E-state index >= 15 is 0 Å². The number of ether oxygens (including phenoxy) is 2. The number of carbonyl (C=O) groups excluding carboxylic acids is 2. The van der Waals surface area contributed by atoms with Crippen LogP contribution in [0.1, 0.15) is 48.5 Å². The summed E-state index contributed by atoms with van der Waals surface area (Å²) in [6.45, 7) is 2.69. The number of methoxy groups -OCH3 is 1. The molecule has 1 fully saturated rings. The molecule has 0 bridgehead atoms. The number of amides is 1. The molecule has 0 unspecified atom stereocenters. The molecule has 1 aliphatic heterocycles. The van der Waals surface area contributed by atoms with Crippen molar-refractivity contribution in [3.8, 4) is 5.75 Å². The molecule has 0 radical (unpaired) electrons. The number of hydrogen-bond donors (Lipinski definition) is 1. The van der Waals surface area contributed by atoms with E-state index in [9.17, 15) is 18.0 Å². The molecule has 1 amide bonds. The Morgan fingerprint density at radius 2 is 1.70 bits per heavy atom. The fourth-order valence-corrected chi connectivity index (χ4v) is 5.14. The summed E-state index contributed by atoms with van der Waals surface area (Å²) >= 11 is 0. The van der Waals surface area contributed by atoms with Gasteiger partial charge in [0.25, 0.3) is 5.91 Å². The van der Waals surface area contributed by atoms with E-state index in [-0.39, 0.29) is 17.0 Å². The van der Waals surface area contributed by atoms with Gasteiger partial charge >= 0.3 is 5.97 Å². The Hall–Kier alpha value is -2.91. The zero-order valence-corrected chi connectivity index (χ0v) is 19.8. The van der Waals surface area contributed by atoms with Gasteiger partial charge in [0.2, 0.25) is 10.0 Å².